The van der Waals surface area contributed by atoms with Gasteiger partial charge in [-0.3, -0.25) is 9.79 Å². The average Bonchev–Trinajstić information content (AvgIpc) is 3.04. The van der Waals surface area contributed by atoms with E-state index in [2.05, 4.69) is 15.0 Å². The van der Waals surface area contributed by atoms with Gasteiger partial charge in [-0.2, -0.15) is 0 Å². The summed E-state index contributed by atoms with van der Waals surface area (Å²) >= 11 is 0. The molecule has 0 unspecified atom stereocenters. The van der Waals surface area contributed by atoms with E-state index in [1.807, 2.05) is 34.6 Å². The second-order valence-corrected chi connectivity index (χ2v) is 11.8. The van der Waals surface area contributed by atoms with Crippen molar-refractivity contribution in [2.24, 2.45) is 10.7 Å². The summed E-state index contributed by atoms with van der Waals surface area (Å²) in [5, 5.41) is 10.3. The molecule has 36 heavy (non-hydrogen) atoms. The number of hydrogen-bond acceptors (Lipinski definition) is 7. The number of carbonyl (C=O) groups is 2. The van der Waals surface area contributed by atoms with Gasteiger partial charge in [0.2, 0.25) is 5.96 Å². The Hall–Kier alpha value is -3.02. The van der Waals surface area contributed by atoms with Gasteiger partial charge in [0.15, 0.2) is 0 Å². The molecule has 12 heteroatoms. The number of carbonyl (C=O) groups excluding carboxylic acids is 1. The minimum absolute atomic E-state index is 0.0784. The van der Waals surface area contributed by atoms with Crippen LogP contribution in [0.15, 0.2) is 9.89 Å². The molecule has 0 aromatic heterocycles. The van der Waals surface area contributed by atoms with Crippen LogP contribution in [0.5, 0.6) is 5.75 Å². The maximum absolute atomic E-state index is 12.8. The van der Waals surface area contributed by atoms with Crippen LogP contribution in [0.2, 0.25) is 0 Å². The third kappa shape index (κ3) is 8.89. The van der Waals surface area contributed by atoms with Gasteiger partial charge >= 0.3 is 12.1 Å². The van der Waals surface area contributed by atoms with Gasteiger partial charge in [-0.05, 0) is 78.5 Å². The number of carboxylic acid groups (broad SMARTS) is 1. The molecule has 1 aromatic carbocycles. The van der Waals surface area contributed by atoms with Crippen molar-refractivity contribution < 1.29 is 32.6 Å². The molecule has 2 rings (SSSR count). The van der Waals surface area contributed by atoms with Crippen LogP contribution in [-0.2, 0) is 26.0 Å². The van der Waals surface area contributed by atoms with E-state index in [1.54, 1.807) is 27.7 Å². The fourth-order valence-electron chi connectivity index (χ4n) is 3.56. The van der Waals surface area contributed by atoms with Crippen LogP contribution in [-0.4, -0.2) is 55.8 Å². The van der Waals surface area contributed by atoms with Gasteiger partial charge in [0, 0.05) is 18.5 Å². The molecule has 0 fully saturated rings. The predicted molar refractivity (Wildman–Crippen MR) is 138 cm³/mol. The molecule has 11 nitrogen and oxygen atoms in total. The average molecular weight is 529 g/mol. The minimum atomic E-state index is -3.79. The van der Waals surface area contributed by atoms with Gasteiger partial charge in [0.25, 0.3) is 10.0 Å². The van der Waals surface area contributed by atoms with E-state index in [0.717, 1.165) is 28.9 Å². The lowest BCUT2D eigenvalue weighted by molar-refractivity contribution is -0.136. The number of rotatable bonds is 6. The predicted octanol–water partition coefficient (Wildman–Crippen LogP) is 2.92. The number of aliphatic imine (C=N–C) groups is 1. The summed E-state index contributed by atoms with van der Waals surface area (Å²) in [6.07, 6.45) is 0.757. The largest absolute Gasteiger partial charge is 0.487 e. The first kappa shape index (κ1) is 31.0. The first-order valence-corrected chi connectivity index (χ1v) is 13.1. The molecule has 0 radical (unpaired) electrons. The van der Waals surface area contributed by atoms with Crippen LogP contribution >= 0.6 is 0 Å². The standard InChI is InChI=1S/C17H27N3O3S.C7H13NO4/c1-7-8-19-16(18)20-24(21,22)15-11(3)10(2)14-13(12(15)4)9-17(5,6)23-14;1-7(2,3)12-6(11)8-4-5(9)10/h7-9H2,1-6H3,(H3,18,19,20);4H2,1-3H3,(H,8,11)(H,9,10). The Morgan fingerprint density at radius 2 is 1.75 bits per heavy atom. The van der Waals surface area contributed by atoms with Crippen molar-refractivity contribution in [1.82, 2.24) is 10.0 Å². The molecule has 1 heterocycles. The molecular weight excluding hydrogens is 488 g/mol. The summed E-state index contributed by atoms with van der Waals surface area (Å²) in [6.45, 7) is 16.6. The topological polar surface area (TPSA) is 169 Å². The Kier molecular flexibility index (Phi) is 10.2. The molecule has 0 aliphatic carbocycles. The Morgan fingerprint density at radius 3 is 2.25 bits per heavy atom. The summed E-state index contributed by atoms with van der Waals surface area (Å²) in [5.74, 6) is -0.368. The summed E-state index contributed by atoms with van der Waals surface area (Å²) in [6, 6.07) is 0. The number of benzene rings is 1. The molecule has 204 valence electrons. The van der Waals surface area contributed by atoms with Crippen molar-refractivity contribution in [2.75, 3.05) is 13.1 Å². The molecule has 0 saturated heterocycles. The summed E-state index contributed by atoms with van der Waals surface area (Å²) in [5.41, 5.74) is 7.99. The Labute approximate surface area is 213 Å². The van der Waals surface area contributed by atoms with Gasteiger partial charge in [-0.25, -0.2) is 17.9 Å². The zero-order chi connectivity index (χ0) is 28.1. The number of carboxylic acids is 1. The molecular formula is C24H40N4O7S. The van der Waals surface area contributed by atoms with Crippen LogP contribution in [0.25, 0.3) is 0 Å². The Morgan fingerprint density at radius 1 is 1.17 bits per heavy atom. The maximum Gasteiger partial charge on any atom is 0.408 e. The van der Waals surface area contributed by atoms with E-state index in [1.165, 1.54) is 0 Å². The van der Waals surface area contributed by atoms with Crippen molar-refractivity contribution in [3.05, 3.63) is 22.3 Å². The quantitative estimate of drug-likeness (QED) is 0.323. The summed E-state index contributed by atoms with van der Waals surface area (Å²) < 4.78 is 38.9. The molecule has 1 amide bonds. The number of sulfonamides is 1. The Balaban J connectivity index is 0.000000457. The molecule has 0 saturated carbocycles. The third-order valence-electron chi connectivity index (χ3n) is 5.09. The van der Waals surface area contributed by atoms with Crippen LogP contribution < -0.4 is 20.5 Å². The van der Waals surface area contributed by atoms with Crippen molar-refractivity contribution in [2.45, 2.75) is 91.3 Å². The highest BCUT2D eigenvalue weighted by Gasteiger charge is 2.36. The number of amides is 1. The number of guanidine groups is 1. The summed E-state index contributed by atoms with van der Waals surface area (Å²) in [7, 11) is -3.79. The number of nitrogens with one attached hydrogen (secondary N) is 2. The highest BCUT2D eigenvalue weighted by Crippen LogP contribution is 2.43. The van der Waals surface area contributed by atoms with E-state index in [9.17, 15) is 18.0 Å². The number of aliphatic carboxylic acids is 1. The van der Waals surface area contributed by atoms with Crippen molar-refractivity contribution >= 4 is 28.0 Å². The van der Waals surface area contributed by atoms with Crippen molar-refractivity contribution in [3.8, 4) is 5.75 Å². The van der Waals surface area contributed by atoms with Crippen LogP contribution in [0.4, 0.5) is 4.79 Å². The van der Waals surface area contributed by atoms with E-state index in [4.69, 9.17) is 20.3 Å². The monoisotopic (exact) mass is 528 g/mol. The smallest absolute Gasteiger partial charge is 0.408 e. The van der Waals surface area contributed by atoms with Gasteiger partial charge in [0.1, 0.15) is 23.5 Å². The number of ether oxygens (including phenoxy) is 2. The van der Waals surface area contributed by atoms with Crippen LogP contribution in [0, 0.1) is 20.8 Å². The van der Waals surface area contributed by atoms with E-state index >= 15 is 0 Å². The fraction of sp³-hybridized carbons (Fsp3) is 0.625. The van der Waals surface area contributed by atoms with Gasteiger partial charge in [-0.1, -0.05) is 6.92 Å². The van der Waals surface area contributed by atoms with E-state index < -0.39 is 34.2 Å². The third-order valence-corrected chi connectivity index (χ3v) is 6.72. The van der Waals surface area contributed by atoms with Gasteiger partial charge in [-0.15, -0.1) is 0 Å². The maximum atomic E-state index is 12.8. The second-order valence-electron chi connectivity index (χ2n) is 10.2. The van der Waals surface area contributed by atoms with E-state index in [0.29, 0.717) is 18.5 Å². The molecule has 1 aromatic rings. The number of fused-ring (bicyclic) bond motifs is 1. The lowest BCUT2D eigenvalue weighted by atomic mass is 9.94. The fourth-order valence-corrected chi connectivity index (χ4v) is 5.09. The molecule has 0 bridgehead atoms. The van der Waals surface area contributed by atoms with Crippen LogP contribution in [0.3, 0.4) is 0 Å². The van der Waals surface area contributed by atoms with E-state index in [-0.39, 0.29) is 16.5 Å². The SMILES string of the molecule is CC(C)(C)OC(=O)NCC(=O)O.CCCN=C(N)NS(=O)(=O)c1c(C)c(C)c2c(c1C)CC(C)(C)O2. The zero-order valence-corrected chi connectivity index (χ0v) is 23.5. The number of alkyl carbamates (subject to hydrolysis) is 1. The first-order valence-electron chi connectivity index (χ1n) is 11.6. The highest BCUT2D eigenvalue weighted by atomic mass is 32.2. The van der Waals surface area contributed by atoms with Gasteiger partial charge in [0.05, 0.1) is 4.90 Å². The van der Waals surface area contributed by atoms with Crippen LogP contribution in [0.1, 0.15) is 70.2 Å². The summed E-state index contributed by atoms with van der Waals surface area (Å²) in [4.78, 5) is 25.0. The first-order chi connectivity index (χ1) is 16.3. The van der Waals surface area contributed by atoms with Gasteiger partial charge < -0.3 is 25.6 Å². The zero-order valence-electron chi connectivity index (χ0n) is 22.7. The molecule has 1 aliphatic heterocycles. The molecule has 1 aliphatic rings. The molecule has 0 spiro atoms. The lowest BCUT2D eigenvalue weighted by Crippen LogP contribution is -2.37. The highest BCUT2D eigenvalue weighted by molar-refractivity contribution is 7.90. The second kappa shape index (κ2) is 11.8. The number of nitrogens with zero attached hydrogens (tertiary/aromatic N) is 1. The Bertz CT molecular complexity index is 1120. The molecule has 0 atom stereocenters. The van der Waals surface area contributed by atoms with Crippen molar-refractivity contribution in [3.63, 3.8) is 0 Å². The number of hydrogen-bond donors (Lipinski definition) is 4. The molecule has 5 N–H and O–H groups in total. The van der Waals surface area contributed by atoms with Crippen molar-refractivity contribution in [1.29, 1.82) is 0 Å². The minimum Gasteiger partial charge on any atom is -0.487 e. The lowest BCUT2D eigenvalue weighted by Gasteiger charge is -2.19. The normalized spacial score (nSPS) is 14.6. The number of nitrogens with two attached hydrogens (primary N) is 1.